The van der Waals surface area contributed by atoms with Crippen LogP contribution >= 0.6 is 24.0 Å². The molecule has 1 aromatic carbocycles. The summed E-state index contributed by atoms with van der Waals surface area (Å²) in [7, 11) is 0. The number of likely N-dealkylation sites (tertiary alicyclic amines) is 1. The highest BCUT2D eigenvalue weighted by Gasteiger charge is 2.46. The van der Waals surface area contributed by atoms with Crippen LogP contribution in [0.15, 0.2) is 29.3 Å². The first-order valence-electron chi connectivity index (χ1n) is 11.9. The Kier molecular flexibility index (Phi) is 9.16. The molecule has 2 heterocycles. The van der Waals surface area contributed by atoms with Crippen LogP contribution in [0.3, 0.4) is 0 Å². The van der Waals surface area contributed by atoms with Gasteiger partial charge in [-0.15, -0.1) is 24.0 Å². The third-order valence-electron chi connectivity index (χ3n) is 6.90. The standard InChI is InChI=1S/C24H36FN5O.HI/c1-2-26-23(27-19-24(10-11-24)20-8-4-5-9-21(20)25)30-16-14-28(15-17-30)18-22(31)29-12-6-3-7-13-29;/h4-5,8-9H,2-3,6-7,10-19H2,1H3,(H,26,27);1H. The molecular weight excluding hydrogens is 520 g/mol. The van der Waals surface area contributed by atoms with Crippen molar-refractivity contribution in [2.75, 3.05) is 58.9 Å². The Morgan fingerprint density at radius 2 is 1.72 bits per heavy atom. The van der Waals surface area contributed by atoms with E-state index in [2.05, 4.69) is 22.0 Å². The average Bonchev–Trinajstić information content (AvgIpc) is 3.59. The molecule has 8 heteroatoms. The smallest absolute Gasteiger partial charge is 0.236 e. The van der Waals surface area contributed by atoms with Gasteiger partial charge in [0, 0.05) is 51.2 Å². The monoisotopic (exact) mass is 557 g/mol. The van der Waals surface area contributed by atoms with E-state index in [-0.39, 0.29) is 41.1 Å². The highest BCUT2D eigenvalue weighted by molar-refractivity contribution is 14.0. The third kappa shape index (κ3) is 6.12. The minimum absolute atomic E-state index is 0. The number of benzene rings is 1. The molecule has 0 radical (unpaired) electrons. The molecule has 1 saturated carbocycles. The summed E-state index contributed by atoms with van der Waals surface area (Å²) in [6, 6.07) is 7.12. The van der Waals surface area contributed by atoms with E-state index in [1.807, 2.05) is 17.0 Å². The Labute approximate surface area is 208 Å². The van der Waals surface area contributed by atoms with Gasteiger partial charge >= 0.3 is 0 Å². The lowest BCUT2D eigenvalue weighted by molar-refractivity contribution is -0.133. The van der Waals surface area contributed by atoms with Crippen molar-refractivity contribution in [2.45, 2.75) is 44.4 Å². The zero-order valence-corrected chi connectivity index (χ0v) is 21.5. The van der Waals surface area contributed by atoms with Crippen molar-refractivity contribution in [2.24, 2.45) is 4.99 Å². The minimum atomic E-state index is -0.144. The summed E-state index contributed by atoms with van der Waals surface area (Å²) >= 11 is 0. The fourth-order valence-electron chi connectivity index (χ4n) is 4.76. The molecule has 6 nitrogen and oxygen atoms in total. The summed E-state index contributed by atoms with van der Waals surface area (Å²) in [6.07, 6.45) is 5.49. The van der Waals surface area contributed by atoms with E-state index >= 15 is 0 Å². The van der Waals surface area contributed by atoms with E-state index in [1.54, 1.807) is 12.1 Å². The predicted molar refractivity (Wildman–Crippen MR) is 137 cm³/mol. The lowest BCUT2D eigenvalue weighted by atomic mass is 9.95. The van der Waals surface area contributed by atoms with Crippen LogP contribution < -0.4 is 5.32 Å². The second kappa shape index (κ2) is 11.6. The molecular formula is C24H37FIN5O. The molecule has 3 fully saturated rings. The normalized spacial score (nSPS) is 21.1. The number of nitrogens with one attached hydrogen (secondary N) is 1. The van der Waals surface area contributed by atoms with Crippen LogP contribution in [0.25, 0.3) is 0 Å². The van der Waals surface area contributed by atoms with Gasteiger partial charge in [-0.25, -0.2) is 4.39 Å². The van der Waals surface area contributed by atoms with Gasteiger partial charge in [0.1, 0.15) is 5.82 Å². The van der Waals surface area contributed by atoms with E-state index < -0.39 is 0 Å². The number of carbonyl (C=O) groups excluding carboxylic acids is 1. The summed E-state index contributed by atoms with van der Waals surface area (Å²) < 4.78 is 14.3. The maximum atomic E-state index is 14.3. The number of piperidine rings is 1. The van der Waals surface area contributed by atoms with Crippen molar-refractivity contribution < 1.29 is 9.18 Å². The summed E-state index contributed by atoms with van der Waals surface area (Å²) in [5.41, 5.74) is 0.657. The Morgan fingerprint density at radius 1 is 1.03 bits per heavy atom. The van der Waals surface area contributed by atoms with E-state index in [9.17, 15) is 9.18 Å². The molecule has 1 N–H and O–H groups in total. The number of hydrogen-bond acceptors (Lipinski definition) is 3. The first kappa shape index (κ1) is 25.2. The van der Waals surface area contributed by atoms with Crippen LogP contribution in [0.4, 0.5) is 4.39 Å². The van der Waals surface area contributed by atoms with Crippen molar-refractivity contribution in [3.63, 3.8) is 0 Å². The van der Waals surface area contributed by atoms with Gasteiger partial charge in [0.2, 0.25) is 5.91 Å². The maximum Gasteiger partial charge on any atom is 0.236 e. The lowest BCUT2D eigenvalue weighted by Gasteiger charge is -2.37. The summed E-state index contributed by atoms with van der Waals surface area (Å²) in [6.45, 7) is 9.29. The molecule has 4 rings (SSSR count). The van der Waals surface area contributed by atoms with Gasteiger partial charge in [-0.3, -0.25) is 14.7 Å². The molecule has 3 aliphatic rings. The number of guanidine groups is 1. The largest absolute Gasteiger partial charge is 0.357 e. The number of hydrogen-bond donors (Lipinski definition) is 1. The van der Waals surface area contributed by atoms with Crippen molar-refractivity contribution in [1.82, 2.24) is 20.0 Å². The number of carbonyl (C=O) groups is 1. The molecule has 178 valence electrons. The molecule has 0 atom stereocenters. The molecule has 32 heavy (non-hydrogen) atoms. The molecule has 2 saturated heterocycles. The molecule has 1 aromatic rings. The molecule has 0 aromatic heterocycles. The zero-order valence-electron chi connectivity index (χ0n) is 19.2. The van der Waals surface area contributed by atoms with Crippen LogP contribution in [0, 0.1) is 5.82 Å². The predicted octanol–water partition coefficient (Wildman–Crippen LogP) is 3.07. The van der Waals surface area contributed by atoms with Gasteiger partial charge in [0.05, 0.1) is 13.1 Å². The van der Waals surface area contributed by atoms with Gasteiger partial charge in [0.25, 0.3) is 0 Å². The molecule has 0 unspecified atom stereocenters. The van der Waals surface area contributed by atoms with Crippen LogP contribution in [0.2, 0.25) is 0 Å². The lowest BCUT2D eigenvalue weighted by Crippen LogP contribution is -2.54. The highest BCUT2D eigenvalue weighted by Crippen LogP contribution is 2.49. The Balaban J connectivity index is 0.00000289. The van der Waals surface area contributed by atoms with Gasteiger partial charge in [0.15, 0.2) is 5.96 Å². The molecule has 0 spiro atoms. The number of rotatable bonds is 6. The van der Waals surface area contributed by atoms with E-state index in [4.69, 9.17) is 4.99 Å². The number of halogens is 2. The van der Waals surface area contributed by atoms with Gasteiger partial charge < -0.3 is 15.1 Å². The Hall–Kier alpha value is -1.42. The van der Waals surface area contributed by atoms with Gasteiger partial charge in [-0.2, -0.15) is 0 Å². The SMILES string of the molecule is CCNC(=NCC1(c2ccccc2F)CC1)N1CCN(CC(=O)N2CCCCC2)CC1.I. The van der Waals surface area contributed by atoms with Crippen molar-refractivity contribution in [1.29, 1.82) is 0 Å². The number of amides is 1. The third-order valence-corrected chi connectivity index (χ3v) is 6.90. The summed E-state index contributed by atoms with van der Waals surface area (Å²) in [5.74, 6) is 1.06. The van der Waals surface area contributed by atoms with Crippen LogP contribution in [0.1, 0.15) is 44.6 Å². The minimum Gasteiger partial charge on any atom is -0.357 e. The van der Waals surface area contributed by atoms with Crippen LogP contribution in [0.5, 0.6) is 0 Å². The summed E-state index contributed by atoms with van der Waals surface area (Å²) in [5, 5.41) is 3.41. The Morgan fingerprint density at radius 3 is 2.34 bits per heavy atom. The second-order valence-electron chi connectivity index (χ2n) is 9.13. The fraction of sp³-hybridized carbons (Fsp3) is 0.667. The first-order chi connectivity index (χ1) is 15.1. The van der Waals surface area contributed by atoms with Crippen LogP contribution in [-0.2, 0) is 10.2 Å². The molecule has 1 amide bonds. The number of nitrogens with zero attached hydrogens (tertiary/aromatic N) is 4. The quantitative estimate of drug-likeness (QED) is 0.332. The number of aliphatic imine (C=N–C) groups is 1. The van der Waals surface area contributed by atoms with E-state index in [0.29, 0.717) is 13.1 Å². The molecule has 0 bridgehead atoms. The summed E-state index contributed by atoms with van der Waals surface area (Å²) in [4.78, 5) is 24.1. The van der Waals surface area contributed by atoms with E-state index in [1.165, 1.54) is 6.42 Å². The van der Waals surface area contributed by atoms with Crippen molar-refractivity contribution >= 4 is 35.8 Å². The fourth-order valence-corrected chi connectivity index (χ4v) is 4.76. The highest BCUT2D eigenvalue weighted by atomic mass is 127. The number of piperazine rings is 1. The zero-order chi connectivity index (χ0) is 21.7. The van der Waals surface area contributed by atoms with Crippen molar-refractivity contribution in [3.8, 4) is 0 Å². The topological polar surface area (TPSA) is 51.2 Å². The Bertz CT molecular complexity index is 786. The van der Waals surface area contributed by atoms with Gasteiger partial charge in [-0.05, 0) is 50.7 Å². The second-order valence-corrected chi connectivity index (χ2v) is 9.13. The van der Waals surface area contributed by atoms with E-state index in [0.717, 1.165) is 83.0 Å². The molecule has 2 aliphatic heterocycles. The maximum absolute atomic E-state index is 14.3. The van der Waals surface area contributed by atoms with Crippen LogP contribution in [-0.4, -0.2) is 85.5 Å². The first-order valence-corrected chi connectivity index (χ1v) is 11.9. The van der Waals surface area contributed by atoms with Crippen molar-refractivity contribution in [3.05, 3.63) is 35.6 Å². The average molecular weight is 557 g/mol. The van der Waals surface area contributed by atoms with Gasteiger partial charge in [-0.1, -0.05) is 18.2 Å². The molecule has 1 aliphatic carbocycles.